The summed E-state index contributed by atoms with van der Waals surface area (Å²) in [6, 6.07) is 11.2. The number of nitrogens with two attached hydrogens (primary N) is 1. The van der Waals surface area contributed by atoms with E-state index >= 15 is 4.39 Å². The number of benzene rings is 2. The molecule has 11 heteroatoms. The third kappa shape index (κ3) is 4.71. The molecule has 204 valence electrons. The van der Waals surface area contributed by atoms with E-state index in [1.54, 1.807) is 36.4 Å². The van der Waals surface area contributed by atoms with Crippen molar-refractivity contribution in [3.63, 3.8) is 0 Å². The lowest BCUT2D eigenvalue weighted by molar-refractivity contribution is -0.122. The number of hydrogen-bond donors (Lipinski definition) is 4. The molecule has 3 aromatic rings. The van der Waals surface area contributed by atoms with Gasteiger partial charge >= 0.3 is 0 Å². The summed E-state index contributed by atoms with van der Waals surface area (Å²) >= 11 is 13.5. The first kappa shape index (κ1) is 27.6. The predicted molar refractivity (Wildman–Crippen MR) is 152 cm³/mol. The molecule has 0 aliphatic carbocycles. The van der Waals surface area contributed by atoms with Crippen LogP contribution in [0.3, 0.4) is 0 Å². The van der Waals surface area contributed by atoms with Crippen LogP contribution in [0.1, 0.15) is 53.9 Å². The molecular weight excluding hydrogens is 562 g/mol. The van der Waals surface area contributed by atoms with Gasteiger partial charge in [-0.15, -0.1) is 11.3 Å². The summed E-state index contributed by atoms with van der Waals surface area (Å²) in [7, 11) is 0. The highest BCUT2D eigenvalue weighted by atomic mass is 35.5. The van der Waals surface area contributed by atoms with Crippen LogP contribution < -0.4 is 21.7 Å². The standard InChI is InChI=1S/C28H27Cl2FN4O3S/c1-27(2,3)12-19-28(15-8-7-13(29)11-17(15)33-26(28)38)21(14-5-4-6-16(30)22(14)31)23(34-19)25(37)35-20-10-9-18(39-20)24(32)36/h4-11,19,21,23,34H,12H2,1-3H3,(H2,32,36)(H,33,38)(H,35,37)/t19-,21-,23+,28+/m0/s1. The van der Waals surface area contributed by atoms with Gasteiger partial charge in [0.25, 0.3) is 5.91 Å². The van der Waals surface area contributed by atoms with E-state index in [1.165, 1.54) is 12.1 Å². The molecule has 4 atom stereocenters. The van der Waals surface area contributed by atoms with Crippen molar-refractivity contribution < 1.29 is 18.8 Å². The van der Waals surface area contributed by atoms with Gasteiger partial charge in [-0.25, -0.2) is 4.39 Å². The highest BCUT2D eigenvalue weighted by Crippen LogP contribution is 2.57. The van der Waals surface area contributed by atoms with Gasteiger partial charge in [0, 0.05) is 22.7 Å². The molecule has 1 spiro atoms. The fraction of sp³-hybridized carbons (Fsp3) is 0.321. The maximum absolute atomic E-state index is 15.8. The minimum atomic E-state index is -1.35. The van der Waals surface area contributed by atoms with Gasteiger partial charge in [0.1, 0.15) is 11.2 Å². The Morgan fingerprint density at radius 3 is 2.56 bits per heavy atom. The van der Waals surface area contributed by atoms with E-state index in [9.17, 15) is 14.4 Å². The Morgan fingerprint density at radius 2 is 1.90 bits per heavy atom. The van der Waals surface area contributed by atoms with Crippen LogP contribution in [0.4, 0.5) is 15.1 Å². The van der Waals surface area contributed by atoms with E-state index in [4.69, 9.17) is 28.9 Å². The molecule has 2 aromatic carbocycles. The molecule has 0 saturated carbocycles. The second-order valence-electron chi connectivity index (χ2n) is 11.1. The van der Waals surface area contributed by atoms with Crippen molar-refractivity contribution in [3.05, 3.63) is 80.4 Å². The highest BCUT2D eigenvalue weighted by molar-refractivity contribution is 7.18. The average molecular weight is 590 g/mol. The van der Waals surface area contributed by atoms with Gasteiger partial charge in [-0.2, -0.15) is 0 Å². The highest BCUT2D eigenvalue weighted by Gasteiger charge is 2.66. The lowest BCUT2D eigenvalue weighted by Crippen LogP contribution is -2.49. The van der Waals surface area contributed by atoms with Crippen LogP contribution in [0.2, 0.25) is 10.0 Å². The van der Waals surface area contributed by atoms with Crippen molar-refractivity contribution in [3.8, 4) is 0 Å². The Morgan fingerprint density at radius 1 is 1.15 bits per heavy atom. The zero-order valence-corrected chi connectivity index (χ0v) is 23.7. The molecule has 1 saturated heterocycles. The minimum absolute atomic E-state index is 0.111. The maximum atomic E-state index is 15.8. The fourth-order valence-corrected chi connectivity index (χ4v) is 7.00. The SMILES string of the molecule is CC(C)(C)C[C@@H]1N[C@@H](C(=O)Nc2ccc(C(N)=O)s2)[C@H](c2cccc(Cl)c2F)[C@]12C(=O)Nc1cc(Cl)ccc12. The third-order valence-electron chi connectivity index (χ3n) is 7.32. The topological polar surface area (TPSA) is 113 Å². The summed E-state index contributed by atoms with van der Waals surface area (Å²) in [5, 5.41) is 9.91. The number of anilines is 2. The van der Waals surface area contributed by atoms with Gasteiger partial charge in [-0.1, -0.05) is 62.2 Å². The van der Waals surface area contributed by atoms with E-state index in [1.807, 2.05) is 20.8 Å². The molecule has 3 amide bonds. The Hall–Kier alpha value is -2.98. The lowest BCUT2D eigenvalue weighted by Gasteiger charge is -2.37. The first-order valence-corrected chi connectivity index (χ1v) is 13.9. The molecular formula is C28H27Cl2FN4O3S. The van der Waals surface area contributed by atoms with Crippen LogP contribution in [0.15, 0.2) is 48.5 Å². The first-order chi connectivity index (χ1) is 18.3. The van der Waals surface area contributed by atoms with Gasteiger partial charge in [-0.3, -0.25) is 14.4 Å². The minimum Gasteiger partial charge on any atom is -0.365 e. The number of amides is 3. The maximum Gasteiger partial charge on any atom is 0.258 e. The van der Waals surface area contributed by atoms with Crippen molar-refractivity contribution in [2.45, 2.75) is 50.6 Å². The molecule has 7 nitrogen and oxygen atoms in total. The number of hydrogen-bond acceptors (Lipinski definition) is 5. The number of rotatable bonds is 5. The predicted octanol–water partition coefficient (Wildman–Crippen LogP) is 5.68. The van der Waals surface area contributed by atoms with E-state index < -0.39 is 41.0 Å². The number of carbonyl (C=O) groups excluding carboxylic acids is 3. The smallest absolute Gasteiger partial charge is 0.258 e. The number of primary amides is 1. The van der Waals surface area contributed by atoms with Crippen molar-refractivity contribution in [2.24, 2.45) is 11.1 Å². The van der Waals surface area contributed by atoms with E-state index in [0.717, 1.165) is 11.3 Å². The number of nitrogens with one attached hydrogen (secondary N) is 3. The van der Waals surface area contributed by atoms with Gasteiger partial charge in [0.15, 0.2) is 0 Å². The normalized spacial score (nSPS) is 24.1. The van der Waals surface area contributed by atoms with Crippen molar-refractivity contribution >= 4 is 62.9 Å². The fourth-order valence-electron chi connectivity index (χ4n) is 5.89. The van der Waals surface area contributed by atoms with Crippen molar-refractivity contribution in [1.82, 2.24) is 5.32 Å². The summed E-state index contributed by atoms with van der Waals surface area (Å²) in [6.07, 6.45) is 0.496. The van der Waals surface area contributed by atoms with Crippen molar-refractivity contribution in [2.75, 3.05) is 10.6 Å². The largest absolute Gasteiger partial charge is 0.365 e. The van der Waals surface area contributed by atoms with Crippen LogP contribution in [-0.4, -0.2) is 29.8 Å². The van der Waals surface area contributed by atoms with Crippen LogP contribution in [-0.2, 0) is 15.0 Å². The number of halogens is 3. The van der Waals surface area contributed by atoms with Gasteiger partial charge < -0.3 is 21.7 Å². The third-order valence-corrected chi connectivity index (χ3v) is 8.86. The zero-order chi connectivity index (χ0) is 28.3. The first-order valence-electron chi connectivity index (χ1n) is 12.3. The van der Waals surface area contributed by atoms with Crippen LogP contribution in [0.5, 0.6) is 0 Å². The van der Waals surface area contributed by atoms with Gasteiger partial charge in [0.2, 0.25) is 11.8 Å². The van der Waals surface area contributed by atoms with Crippen molar-refractivity contribution in [1.29, 1.82) is 0 Å². The van der Waals surface area contributed by atoms with Crippen LogP contribution in [0, 0.1) is 11.2 Å². The average Bonchev–Trinajstić information content (AvgIpc) is 3.51. The second-order valence-corrected chi connectivity index (χ2v) is 13.0. The molecule has 0 bridgehead atoms. The molecule has 0 unspecified atom stereocenters. The Balaban J connectivity index is 1.71. The quantitative estimate of drug-likeness (QED) is 0.307. The van der Waals surface area contributed by atoms with E-state index in [0.29, 0.717) is 27.7 Å². The molecule has 1 fully saturated rings. The molecule has 2 aliphatic heterocycles. The number of fused-ring (bicyclic) bond motifs is 2. The monoisotopic (exact) mass is 588 g/mol. The van der Waals surface area contributed by atoms with E-state index in [2.05, 4.69) is 16.0 Å². The zero-order valence-electron chi connectivity index (χ0n) is 21.4. The molecule has 39 heavy (non-hydrogen) atoms. The van der Waals surface area contributed by atoms with Crippen LogP contribution in [0.25, 0.3) is 0 Å². The Kier molecular flexibility index (Phi) is 6.99. The molecule has 5 N–H and O–H groups in total. The number of thiophene rings is 1. The molecule has 1 aromatic heterocycles. The number of carbonyl (C=O) groups is 3. The van der Waals surface area contributed by atoms with Gasteiger partial charge in [0.05, 0.1) is 20.9 Å². The van der Waals surface area contributed by atoms with Gasteiger partial charge in [-0.05, 0) is 53.3 Å². The molecule has 0 radical (unpaired) electrons. The summed E-state index contributed by atoms with van der Waals surface area (Å²) in [6.45, 7) is 6.12. The lowest BCUT2D eigenvalue weighted by atomic mass is 9.62. The summed E-state index contributed by atoms with van der Waals surface area (Å²) < 4.78 is 15.8. The summed E-state index contributed by atoms with van der Waals surface area (Å²) in [5.74, 6) is -3.11. The van der Waals surface area contributed by atoms with E-state index in [-0.39, 0.29) is 26.8 Å². The Labute approximate surface area is 239 Å². The molecule has 3 heterocycles. The summed E-state index contributed by atoms with van der Waals surface area (Å²) in [5.41, 5.74) is 5.06. The van der Waals surface area contributed by atoms with Crippen LogP contribution >= 0.6 is 34.5 Å². The molecule has 5 rings (SSSR count). The second kappa shape index (κ2) is 9.89. The molecule has 2 aliphatic rings. The Bertz CT molecular complexity index is 1500. The summed E-state index contributed by atoms with van der Waals surface area (Å²) in [4.78, 5) is 39.9.